The van der Waals surface area contributed by atoms with Crippen molar-refractivity contribution in [2.24, 2.45) is 5.41 Å². The molecule has 1 amide bonds. The molecule has 0 spiro atoms. The van der Waals surface area contributed by atoms with Crippen LogP contribution in [0.5, 0.6) is 0 Å². The highest BCUT2D eigenvalue weighted by Crippen LogP contribution is 2.33. The van der Waals surface area contributed by atoms with Crippen LogP contribution in [0, 0.1) is 22.5 Å². The minimum atomic E-state index is -0.540. The molecular weight excluding hydrogens is 296 g/mol. The molecular formula is C16H24N4O3. The average Bonchev–Trinajstić information content (AvgIpc) is 2.46. The maximum absolute atomic E-state index is 12.4. The standard InChI is InChI=1S/C16H24N4O3/c1-11-13(8-12(9-17-11)20(22)23)15(21)18-10-14-16(2,3)6-5-7-19(14)4/h8-9,14H,5-7,10H2,1-4H3,(H,18,21)/t14-/m0/s1. The zero-order valence-corrected chi connectivity index (χ0v) is 14.1. The van der Waals surface area contributed by atoms with Crippen molar-refractivity contribution in [1.29, 1.82) is 0 Å². The van der Waals surface area contributed by atoms with Gasteiger partial charge in [-0.1, -0.05) is 13.8 Å². The van der Waals surface area contributed by atoms with E-state index in [1.807, 2.05) is 0 Å². The molecule has 23 heavy (non-hydrogen) atoms. The van der Waals surface area contributed by atoms with Crippen molar-refractivity contribution in [3.63, 3.8) is 0 Å². The highest BCUT2D eigenvalue weighted by molar-refractivity contribution is 5.95. The number of nitrogens with one attached hydrogen (secondary N) is 1. The Morgan fingerprint density at radius 2 is 2.26 bits per heavy atom. The number of likely N-dealkylation sites (N-methyl/N-ethyl adjacent to an activating group) is 1. The summed E-state index contributed by atoms with van der Waals surface area (Å²) in [6, 6.07) is 1.53. The number of amides is 1. The molecule has 0 aromatic carbocycles. The molecule has 0 bridgehead atoms. The molecule has 1 aliphatic rings. The fourth-order valence-corrected chi connectivity index (χ4v) is 3.27. The third-order valence-electron chi connectivity index (χ3n) is 4.75. The molecule has 1 N–H and O–H groups in total. The van der Waals surface area contributed by atoms with Gasteiger partial charge in [-0.05, 0) is 38.8 Å². The molecule has 0 aliphatic carbocycles. The molecule has 126 valence electrons. The molecule has 2 heterocycles. The monoisotopic (exact) mass is 320 g/mol. The summed E-state index contributed by atoms with van der Waals surface area (Å²) in [5, 5.41) is 13.8. The van der Waals surface area contributed by atoms with E-state index in [0.29, 0.717) is 12.2 Å². The number of pyridine rings is 1. The van der Waals surface area contributed by atoms with Gasteiger partial charge in [-0.15, -0.1) is 0 Å². The van der Waals surface area contributed by atoms with Gasteiger partial charge in [0.1, 0.15) is 6.20 Å². The smallest absolute Gasteiger partial charge is 0.288 e. The number of nitro groups is 1. The maximum Gasteiger partial charge on any atom is 0.288 e. The summed E-state index contributed by atoms with van der Waals surface area (Å²) >= 11 is 0. The molecule has 7 nitrogen and oxygen atoms in total. The molecule has 0 unspecified atom stereocenters. The molecule has 0 saturated carbocycles. The number of piperidine rings is 1. The van der Waals surface area contributed by atoms with Gasteiger partial charge in [0.15, 0.2) is 0 Å². The Hall–Kier alpha value is -2.02. The first-order valence-corrected chi connectivity index (χ1v) is 7.82. The first-order chi connectivity index (χ1) is 10.7. The Labute approximate surface area is 136 Å². The first kappa shape index (κ1) is 17.3. The van der Waals surface area contributed by atoms with Crippen molar-refractivity contribution >= 4 is 11.6 Å². The Balaban J connectivity index is 2.10. The van der Waals surface area contributed by atoms with Crippen LogP contribution >= 0.6 is 0 Å². The third-order valence-corrected chi connectivity index (χ3v) is 4.75. The number of rotatable bonds is 4. The van der Waals surface area contributed by atoms with E-state index in [0.717, 1.165) is 19.4 Å². The van der Waals surface area contributed by atoms with Crippen molar-refractivity contribution in [2.75, 3.05) is 20.1 Å². The lowest BCUT2D eigenvalue weighted by atomic mass is 9.76. The summed E-state index contributed by atoms with van der Waals surface area (Å²) in [4.78, 5) is 28.9. The lowest BCUT2D eigenvalue weighted by molar-refractivity contribution is -0.385. The van der Waals surface area contributed by atoms with Gasteiger partial charge in [0.05, 0.1) is 16.2 Å². The van der Waals surface area contributed by atoms with Crippen LogP contribution in [-0.4, -0.2) is 46.9 Å². The lowest BCUT2D eigenvalue weighted by Crippen LogP contribution is -2.53. The van der Waals surface area contributed by atoms with Crippen LogP contribution in [-0.2, 0) is 0 Å². The molecule has 2 rings (SSSR count). The summed E-state index contributed by atoms with van der Waals surface area (Å²) in [7, 11) is 2.07. The summed E-state index contributed by atoms with van der Waals surface area (Å²) in [5.41, 5.74) is 0.701. The van der Waals surface area contributed by atoms with Gasteiger partial charge in [-0.2, -0.15) is 0 Å². The van der Waals surface area contributed by atoms with Crippen LogP contribution < -0.4 is 5.32 Å². The highest BCUT2D eigenvalue weighted by atomic mass is 16.6. The summed E-state index contributed by atoms with van der Waals surface area (Å²) in [5.74, 6) is -0.312. The highest BCUT2D eigenvalue weighted by Gasteiger charge is 2.35. The fourth-order valence-electron chi connectivity index (χ4n) is 3.27. The van der Waals surface area contributed by atoms with Gasteiger partial charge in [0, 0.05) is 18.7 Å². The van der Waals surface area contributed by atoms with Crippen LogP contribution in [0.25, 0.3) is 0 Å². The predicted molar refractivity (Wildman–Crippen MR) is 87.4 cm³/mol. The van der Waals surface area contributed by atoms with Gasteiger partial charge in [0.25, 0.3) is 11.6 Å². The van der Waals surface area contributed by atoms with Gasteiger partial charge in [-0.25, -0.2) is 0 Å². The number of hydrogen-bond donors (Lipinski definition) is 1. The normalized spacial score (nSPS) is 21.0. The topological polar surface area (TPSA) is 88.4 Å². The fraction of sp³-hybridized carbons (Fsp3) is 0.625. The van der Waals surface area contributed by atoms with E-state index in [1.165, 1.54) is 12.3 Å². The van der Waals surface area contributed by atoms with Crippen LogP contribution in [0.4, 0.5) is 5.69 Å². The van der Waals surface area contributed by atoms with E-state index in [-0.39, 0.29) is 28.6 Å². The quantitative estimate of drug-likeness (QED) is 0.678. The van der Waals surface area contributed by atoms with Gasteiger partial charge >= 0.3 is 0 Å². The molecule has 1 atom stereocenters. The predicted octanol–water partition coefficient (Wildman–Crippen LogP) is 2.15. The molecule has 1 fully saturated rings. The van der Waals surface area contributed by atoms with E-state index in [1.54, 1.807) is 6.92 Å². The maximum atomic E-state index is 12.4. The summed E-state index contributed by atoms with van der Waals surface area (Å²) in [6.07, 6.45) is 3.45. The van der Waals surface area contributed by atoms with Crippen LogP contribution in [0.1, 0.15) is 42.7 Å². The summed E-state index contributed by atoms with van der Waals surface area (Å²) in [6.45, 7) is 7.63. The molecule has 1 saturated heterocycles. The second kappa shape index (κ2) is 6.62. The molecule has 1 aromatic rings. The lowest BCUT2D eigenvalue weighted by Gasteiger charge is -2.45. The second-order valence-electron chi connectivity index (χ2n) is 6.88. The molecule has 1 aliphatic heterocycles. The zero-order chi connectivity index (χ0) is 17.2. The van der Waals surface area contributed by atoms with E-state index in [4.69, 9.17) is 0 Å². The number of aryl methyl sites for hydroxylation is 1. The van der Waals surface area contributed by atoms with E-state index in [2.05, 4.69) is 36.1 Å². The minimum absolute atomic E-state index is 0.121. The Kier molecular flexibility index (Phi) is 4.99. The van der Waals surface area contributed by atoms with E-state index in [9.17, 15) is 14.9 Å². The Bertz CT molecular complexity index is 615. The number of aromatic nitrogens is 1. The molecule has 0 radical (unpaired) electrons. The first-order valence-electron chi connectivity index (χ1n) is 7.82. The SMILES string of the molecule is Cc1ncc([N+](=O)[O-])cc1C(=O)NC[C@@H]1N(C)CCCC1(C)C. The van der Waals surface area contributed by atoms with Gasteiger partial charge in [0.2, 0.25) is 0 Å². The van der Waals surface area contributed by atoms with Crippen LogP contribution in [0.15, 0.2) is 12.3 Å². The van der Waals surface area contributed by atoms with Crippen molar-refractivity contribution in [2.45, 2.75) is 39.7 Å². The van der Waals surface area contributed by atoms with Crippen molar-refractivity contribution < 1.29 is 9.72 Å². The largest absolute Gasteiger partial charge is 0.350 e. The number of carbonyl (C=O) groups is 1. The van der Waals surface area contributed by atoms with Crippen LogP contribution in [0.2, 0.25) is 0 Å². The number of nitrogens with zero attached hydrogens (tertiary/aromatic N) is 3. The molecule has 1 aromatic heterocycles. The number of carbonyl (C=O) groups excluding carboxylic acids is 1. The van der Waals surface area contributed by atoms with Crippen molar-refractivity contribution in [3.05, 3.63) is 33.6 Å². The second-order valence-corrected chi connectivity index (χ2v) is 6.88. The molecule has 7 heteroatoms. The van der Waals surface area contributed by atoms with E-state index < -0.39 is 4.92 Å². The number of likely N-dealkylation sites (tertiary alicyclic amines) is 1. The van der Waals surface area contributed by atoms with Crippen molar-refractivity contribution in [3.8, 4) is 0 Å². The van der Waals surface area contributed by atoms with E-state index >= 15 is 0 Å². The zero-order valence-electron chi connectivity index (χ0n) is 14.1. The average molecular weight is 320 g/mol. The van der Waals surface area contributed by atoms with Crippen molar-refractivity contribution in [1.82, 2.24) is 15.2 Å². The number of hydrogen-bond acceptors (Lipinski definition) is 5. The summed E-state index contributed by atoms with van der Waals surface area (Å²) < 4.78 is 0. The van der Waals surface area contributed by atoms with Gasteiger partial charge < -0.3 is 10.2 Å². The minimum Gasteiger partial charge on any atom is -0.350 e. The Morgan fingerprint density at radius 1 is 1.57 bits per heavy atom. The Morgan fingerprint density at radius 3 is 2.87 bits per heavy atom. The van der Waals surface area contributed by atoms with Gasteiger partial charge in [-0.3, -0.25) is 19.9 Å². The van der Waals surface area contributed by atoms with Crippen LogP contribution in [0.3, 0.4) is 0 Å². The third kappa shape index (κ3) is 3.85.